The number of methoxy groups -OCH3 is 1. The molecular formula is C15H25NO3. The van der Waals surface area contributed by atoms with Crippen molar-refractivity contribution < 1.29 is 14.6 Å². The standard InChI is InChI=1S/C15H25NO3/c1-15(2,3)16-9-13(17)11-19-10-12-5-7-14(18-4)8-6-12/h5-8,13,16-17H,9-11H2,1-4H3/t13-/m0/s1. The molecule has 0 aliphatic carbocycles. The molecule has 0 aromatic heterocycles. The van der Waals surface area contributed by atoms with E-state index in [0.717, 1.165) is 11.3 Å². The molecule has 0 aliphatic rings. The summed E-state index contributed by atoms with van der Waals surface area (Å²) < 4.78 is 10.6. The van der Waals surface area contributed by atoms with Gasteiger partial charge in [0.1, 0.15) is 5.75 Å². The van der Waals surface area contributed by atoms with Gasteiger partial charge in [0, 0.05) is 12.1 Å². The minimum Gasteiger partial charge on any atom is -0.497 e. The predicted molar refractivity (Wildman–Crippen MR) is 76.4 cm³/mol. The van der Waals surface area contributed by atoms with Gasteiger partial charge >= 0.3 is 0 Å². The van der Waals surface area contributed by atoms with E-state index in [1.54, 1.807) is 7.11 Å². The van der Waals surface area contributed by atoms with Gasteiger partial charge in [0.25, 0.3) is 0 Å². The number of nitrogens with one attached hydrogen (secondary N) is 1. The Labute approximate surface area is 115 Å². The van der Waals surface area contributed by atoms with Crippen LogP contribution in [-0.2, 0) is 11.3 Å². The molecular weight excluding hydrogens is 242 g/mol. The summed E-state index contributed by atoms with van der Waals surface area (Å²) in [4.78, 5) is 0. The van der Waals surface area contributed by atoms with Gasteiger partial charge in [-0.2, -0.15) is 0 Å². The third-order valence-electron chi connectivity index (χ3n) is 2.61. The first-order valence-corrected chi connectivity index (χ1v) is 6.54. The summed E-state index contributed by atoms with van der Waals surface area (Å²) in [5.74, 6) is 0.832. The van der Waals surface area contributed by atoms with E-state index in [1.165, 1.54) is 0 Å². The maximum atomic E-state index is 9.77. The van der Waals surface area contributed by atoms with Crippen LogP contribution in [0.25, 0.3) is 0 Å². The van der Waals surface area contributed by atoms with Gasteiger partial charge in [0.15, 0.2) is 0 Å². The average molecular weight is 267 g/mol. The molecule has 1 aromatic carbocycles. The zero-order chi connectivity index (χ0) is 14.3. The second-order valence-electron chi connectivity index (χ2n) is 5.65. The molecule has 0 spiro atoms. The largest absolute Gasteiger partial charge is 0.497 e. The fourth-order valence-corrected chi connectivity index (χ4v) is 1.52. The summed E-state index contributed by atoms with van der Waals surface area (Å²) in [6.07, 6.45) is -0.488. The second-order valence-corrected chi connectivity index (χ2v) is 5.65. The van der Waals surface area contributed by atoms with Gasteiger partial charge in [-0.15, -0.1) is 0 Å². The molecule has 19 heavy (non-hydrogen) atoms. The van der Waals surface area contributed by atoms with Crippen LogP contribution < -0.4 is 10.1 Å². The van der Waals surface area contributed by atoms with Crippen molar-refractivity contribution in [3.8, 4) is 5.75 Å². The van der Waals surface area contributed by atoms with Crippen molar-refractivity contribution in [3.63, 3.8) is 0 Å². The molecule has 0 bridgehead atoms. The molecule has 0 fully saturated rings. The number of aliphatic hydroxyl groups excluding tert-OH is 1. The first-order chi connectivity index (χ1) is 8.90. The van der Waals surface area contributed by atoms with Crippen LogP contribution >= 0.6 is 0 Å². The van der Waals surface area contributed by atoms with Crippen LogP contribution in [-0.4, -0.2) is 37.0 Å². The fourth-order valence-electron chi connectivity index (χ4n) is 1.52. The highest BCUT2D eigenvalue weighted by Gasteiger charge is 2.12. The lowest BCUT2D eigenvalue weighted by Crippen LogP contribution is -2.42. The Morgan fingerprint density at radius 1 is 1.21 bits per heavy atom. The lowest BCUT2D eigenvalue weighted by Gasteiger charge is -2.22. The first-order valence-electron chi connectivity index (χ1n) is 6.54. The van der Waals surface area contributed by atoms with Crippen molar-refractivity contribution in [1.82, 2.24) is 5.32 Å². The monoisotopic (exact) mass is 267 g/mol. The Balaban J connectivity index is 2.22. The molecule has 0 heterocycles. The molecule has 1 atom stereocenters. The number of benzene rings is 1. The van der Waals surface area contributed by atoms with Gasteiger partial charge in [-0.3, -0.25) is 0 Å². The zero-order valence-corrected chi connectivity index (χ0v) is 12.3. The number of hydrogen-bond donors (Lipinski definition) is 2. The van der Waals surface area contributed by atoms with Gasteiger partial charge in [0.2, 0.25) is 0 Å². The summed E-state index contributed by atoms with van der Waals surface area (Å²) in [7, 11) is 1.64. The first kappa shape index (κ1) is 16.0. The smallest absolute Gasteiger partial charge is 0.118 e. The third-order valence-corrected chi connectivity index (χ3v) is 2.61. The van der Waals surface area contributed by atoms with Crippen LogP contribution in [0.1, 0.15) is 26.3 Å². The van der Waals surface area contributed by atoms with E-state index in [1.807, 2.05) is 24.3 Å². The lowest BCUT2D eigenvalue weighted by atomic mass is 10.1. The molecule has 0 saturated heterocycles. The summed E-state index contributed by atoms with van der Waals surface area (Å²) >= 11 is 0. The number of β-amino-alcohol motifs (C(OH)–C–C–N with tert-alkyl or cyclic N) is 1. The summed E-state index contributed by atoms with van der Waals surface area (Å²) in [6.45, 7) is 7.56. The second kappa shape index (κ2) is 7.48. The van der Waals surface area contributed by atoms with Crippen LogP contribution in [0.3, 0.4) is 0 Å². The van der Waals surface area contributed by atoms with Gasteiger partial charge in [0.05, 0.1) is 26.4 Å². The molecule has 4 nitrogen and oxygen atoms in total. The number of hydrogen-bond acceptors (Lipinski definition) is 4. The summed E-state index contributed by atoms with van der Waals surface area (Å²) in [6, 6.07) is 7.71. The minimum atomic E-state index is -0.488. The topological polar surface area (TPSA) is 50.7 Å². The molecule has 0 saturated carbocycles. The highest BCUT2D eigenvalue weighted by Crippen LogP contribution is 2.11. The Morgan fingerprint density at radius 3 is 2.37 bits per heavy atom. The molecule has 108 valence electrons. The normalized spacial score (nSPS) is 13.3. The van der Waals surface area contributed by atoms with Crippen molar-refractivity contribution in [1.29, 1.82) is 0 Å². The zero-order valence-electron chi connectivity index (χ0n) is 12.3. The maximum Gasteiger partial charge on any atom is 0.118 e. The molecule has 0 unspecified atom stereocenters. The highest BCUT2D eigenvalue weighted by atomic mass is 16.5. The number of rotatable bonds is 7. The van der Waals surface area contributed by atoms with Gasteiger partial charge in [-0.05, 0) is 38.5 Å². The molecule has 0 aliphatic heterocycles. The van der Waals surface area contributed by atoms with E-state index in [0.29, 0.717) is 19.8 Å². The molecule has 2 N–H and O–H groups in total. The third kappa shape index (κ3) is 7.15. The maximum absolute atomic E-state index is 9.77. The Kier molecular flexibility index (Phi) is 6.28. The van der Waals surface area contributed by atoms with Crippen LogP contribution in [0.15, 0.2) is 24.3 Å². The lowest BCUT2D eigenvalue weighted by molar-refractivity contribution is 0.0261. The van der Waals surface area contributed by atoms with E-state index in [4.69, 9.17) is 9.47 Å². The number of ether oxygens (including phenoxy) is 2. The van der Waals surface area contributed by atoms with Crippen molar-refractivity contribution >= 4 is 0 Å². The van der Waals surface area contributed by atoms with Gasteiger partial charge < -0.3 is 19.9 Å². The molecule has 0 amide bonds. The average Bonchev–Trinajstić information content (AvgIpc) is 2.36. The van der Waals surface area contributed by atoms with Crippen LogP contribution in [0.4, 0.5) is 0 Å². The summed E-state index contributed by atoms with van der Waals surface area (Å²) in [5, 5.41) is 13.0. The van der Waals surface area contributed by atoms with Crippen LogP contribution in [0.2, 0.25) is 0 Å². The predicted octanol–water partition coefficient (Wildman–Crippen LogP) is 1.96. The molecule has 1 rings (SSSR count). The van der Waals surface area contributed by atoms with E-state index in [-0.39, 0.29) is 5.54 Å². The Hall–Kier alpha value is -1.10. The van der Waals surface area contributed by atoms with E-state index in [2.05, 4.69) is 26.1 Å². The van der Waals surface area contributed by atoms with Crippen molar-refractivity contribution in [2.24, 2.45) is 0 Å². The van der Waals surface area contributed by atoms with E-state index in [9.17, 15) is 5.11 Å². The van der Waals surface area contributed by atoms with E-state index >= 15 is 0 Å². The molecule has 4 heteroatoms. The Bertz CT molecular complexity index is 357. The van der Waals surface area contributed by atoms with Gasteiger partial charge in [-0.1, -0.05) is 12.1 Å². The van der Waals surface area contributed by atoms with Gasteiger partial charge in [-0.25, -0.2) is 0 Å². The SMILES string of the molecule is COc1ccc(COC[C@@H](O)CNC(C)(C)C)cc1. The highest BCUT2D eigenvalue weighted by molar-refractivity contribution is 5.26. The van der Waals surface area contributed by atoms with E-state index < -0.39 is 6.10 Å². The van der Waals surface area contributed by atoms with Crippen molar-refractivity contribution in [2.75, 3.05) is 20.3 Å². The number of aliphatic hydroxyl groups is 1. The quantitative estimate of drug-likeness (QED) is 0.793. The van der Waals surface area contributed by atoms with Crippen LogP contribution in [0, 0.1) is 0 Å². The van der Waals surface area contributed by atoms with Crippen molar-refractivity contribution in [2.45, 2.75) is 39.0 Å². The molecule has 0 radical (unpaired) electrons. The fraction of sp³-hybridized carbons (Fsp3) is 0.600. The minimum absolute atomic E-state index is 0.0109. The van der Waals surface area contributed by atoms with Crippen molar-refractivity contribution in [3.05, 3.63) is 29.8 Å². The molecule has 1 aromatic rings. The van der Waals surface area contributed by atoms with Crippen LogP contribution in [0.5, 0.6) is 5.75 Å². The Morgan fingerprint density at radius 2 is 1.84 bits per heavy atom. The summed E-state index contributed by atoms with van der Waals surface area (Å²) in [5.41, 5.74) is 1.08.